The quantitative estimate of drug-likeness (QED) is 0.568. The van der Waals surface area contributed by atoms with Gasteiger partial charge < -0.3 is 14.8 Å². The zero-order valence-electron chi connectivity index (χ0n) is 16.0. The van der Waals surface area contributed by atoms with Crippen molar-refractivity contribution >= 4 is 17.9 Å². The smallest absolute Gasteiger partial charge is 0.361 e. The molecule has 1 aliphatic rings. The Balaban J connectivity index is 1.96. The van der Waals surface area contributed by atoms with Crippen LogP contribution in [0.4, 0.5) is 4.79 Å². The number of aromatic nitrogens is 3. The first-order valence-electron chi connectivity index (χ1n) is 8.67. The molecule has 10 nitrogen and oxygen atoms in total. The van der Waals surface area contributed by atoms with E-state index in [1.165, 1.54) is 7.11 Å². The van der Waals surface area contributed by atoms with Crippen molar-refractivity contribution in [3.63, 3.8) is 0 Å². The molecule has 0 aliphatic carbocycles. The van der Waals surface area contributed by atoms with Crippen molar-refractivity contribution in [3.8, 4) is 17.0 Å². The van der Waals surface area contributed by atoms with E-state index in [4.69, 9.17) is 9.47 Å². The van der Waals surface area contributed by atoms with Crippen molar-refractivity contribution in [2.75, 3.05) is 13.7 Å². The fourth-order valence-electron chi connectivity index (χ4n) is 2.96. The second kappa shape index (κ2) is 7.29. The lowest BCUT2D eigenvalue weighted by molar-refractivity contribution is -0.130. The maximum absolute atomic E-state index is 12.5. The zero-order chi connectivity index (χ0) is 20.5. The van der Waals surface area contributed by atoms with Crippen molar-refractivity contribution in [3.05, 3.63) is 29.5 Å². The first kappa shape index (κ1) is 19.3. The summed E-state index contributed by atoms with van der Waals surface area (Å²) in [6, 6.07) is 4.61. The lowest BCUT2D eigenvalue weighted by Gasteiger charge is -2.18. The number of rotatable bonds is 6. The first-order chi connectivity index (χ1) is 13.3. The van der Waals surface area contributed by atoms with Crippen molar-refractivity contribution in [1.82, 2.24) is 25.6 Å². The van der Waals surface area contributed by atoms with E-state index in [1.807, 2.05) is 0 Å². The summed E-state index contributed by atoms with van der Waals surface area (Å²) in [6.45, 7) is 5.20. The normalized spacial score (nSPS) is 15.5. The maximum Gasteiger partial charge on any atom is 0.361 e. The molecule has 1 fully saturated rings. The van der Waals surface area contributed by atoms with E-state index >= 15 is 0 Å². The monoisotopic (exact) mass is 387 g/mol. The summed E-state index contributed by atoms with van der Waals surface area (Å²) < 4.78 is 10.4. The Morgan fingerprint density at radius 1 is 1.25 bits per heavy atom. The topological polar surface area (TPSA) is 127 Å². The fourth-order valence-corrected chi connectivity index (χ4v) is 2.96. The molecular formula is C18H21N5O5. The molecule has 0 spiro atoms. The van der Waals surface area contributed by atoms with Gasteiger partial charge in [-0.05, 0) is 39.0 Å². The summed E-state index contributed by atoms with van der Waals surface area (Å²) in [4.78, 5) is 37.9. The highest BCUT2D eigenvalue weighted by Gasteiger charge is 2.44. The highest BCUT2D eigenvalue weighted by molar-refractivity contribution is 6.06. The summed E-state index contributed by atoms with van der Waals surface area (Å²) in [5, 5.41) is 13.0. The number of esters is 1. The summed E-state index contributed by atoms with van der Waals surface area (Å²) in [6.07, 6.45) is 0. The molecular weight excluding hydrogens is 366 g/mol. The molecule has 28 heavy (non-hydrogen) atoms. The van der Waals surface area contributed by atoms with Gasteiger partial charge in [-0.1, -0.05) is 0 Å². The number of aromatic amines is 1. The molecule has 3 amide bonds. The Bertz CT molecular complexity index is 936. The van der Waals surface area contributed by atoms with Gasteiger partial charge in [0.25, 0.3) is 5.91 Å². The molecule has 0 atom stereocenters. The number of hydrogen-bond acceptors (Lipinski definition) is 7. The van der Waals surface area contributed by atoms with E-state index in [0.717, 1.165) is 4.90 Å². The van der Waals surface area contributed by atoms with Crippen LogP contribution in [-0.4, -0.2) is 57.5 Å². The summed E-state index contributed by atoms with van der Waals surface area (Å²) in [5.41, 5.74) is 0.539. The lowest BCUT2D eigenvalue weighted by atomic mass is 10.0. The average Bonchev–Trinajstić information content (AvgIpc) is 3.21. The van der Waals surface area contributed by atoms with Crippen molar-refractivity contribution in [2.45, 2.75) is 32.9 Å². The average molecular weight is 387 g/mol. The number of H-pyrrole nitrogens is 1. The second-order valence-electron chi connectivity index (χ2n) is 6.71. The van der Waals surface area contributed by atoms with Crippen LogP contribution in [0.1, 0.15) is 36.8 Å². The van der Waals surface area contributed by atoms with Crippen LogP contribution in [0, 0.1) is 0 Å². The van der Waals surface area contributed by atoms with Gasteiger partial charge in [-0.2, -0.15) is 10.3 Å². The van der Waals surface area contributed by atoms with Crippen LogP contribution in [0.2, 0.25) is 0 Å². The van der Waals surface area contributed by atoms with Crippen LogP contribution in [0.25, 0.3) is 11.3 Å². The molecule has 2 N–H and O–H groups in total. The molecule has 1 aromatic carbocycles. The molecule has 2 heterocycles. The Morgan fingerprint density at radius 3 is 2.61 bits per heavy atom. The number of urea groups is 1. The van der Waals surface area contributed by atoms with E-state index in [9.17, 15) is 14.4 Å². The van der Waals surface area contributed by atoms with Gasteiger partial charge in [0.15, 0.2) is 5.69 Å². The zero-order valence-corrected chi connectivity index (χ0v) is 16.0. The van der Waals surface area contributed by atoms with E-state index in [2.05, 4.69) is 20.7 Å². The number of benzene rings is 1. The van der Waals surface area contributed by atoms with Gasteiger partial charge in [0, 0.05) is 11.1 Å². The summed E-state index contributed by atoms with van der Waals surface area (Å²) in [5.74, 6) is -0.437. The Kier molecular flexibility index (Phi) is 5.04. The van der Waals surface area contributed by atoms with Gasteiger partial charge in [-0.15, -0.1) is 5.10 Å². The van der Waals surface area contributed by atoms with Crippen LogP contribution in [0.15, 0.2) is 18.2 Å². The Hall–Kier alpha value is -3.43. The number of carbonyl (C=O) groups is 3. The fraction of sp³-hybridized carbons (Fsp3) is 0.389. The molecule has 0 saturated carbocycles. The molecule has 148 valence electrons. The van der Waals surface area contributed by atoms with Gasteiger partial charge in [-0.3, -0.25) is 9.69 Å². The van der Waals surface area contributed by atoms with Crippen molar-refractivity contribution in [1.29, 1.82) is 0 Å². The van der Waals surface area contributed by atoms with Crippen LogP contribution in [-0.2, 0) is 16.1 Å². The summed E-state index contributed by atoms with van der Waals surface area (Å²) in [7, 11) is 1.49. The molecule has 2 aromatic rings. The Morgan fingerprint density at radius 2 is 2.00 bits per heavy atom. The van der Waals surface area contributed by atoms with Gasteiger partial charge in [0.2, 0.25) is 0 Å². The number of nitrogens with one attached hydrogen (secondary N) is 2. The Labute approximate surface area is 161 Å². The first-order valence-corrected chi connectivity index (χ1v) is 8.67. The standard InChI is InChI=1S/C18H21N5O5/c1-5-28-15(24)14-13(20-22-21-14)10-6-7-12(27-4)11(8-10)9-23-16(25)18(2,3)19-17(23)26/h6-8H,5,9H2,1-4H3,(H,19,26)(H,20,21,22). The molecule has 3 rings (SSSR count). The van der Waals surface area contributed by atoms with Gasteiger partial charge in [0.1, 0.15) is 17.0 Å². The van der Waals surface area contributed by atoms with Crippen LogP contribution < -0.4 is 10.1 Å². The number of hydrogen-bond donors (Lipinski definition) is 2. The minimum absolute atomic E-state index is 0.0116. The van der Waals surface area contributed by atoms with Crippen LogP contribution >= 0.6 is 0 Å². The number of nitrogens with zero attached hydrogens (tertiary/aromatic N) is 3. The van der Waals surface area contributed by atoms with E-state index in [-0.39, 0.29) is 24.8 Å². The molecule has 10 heteroatoms. The minimum atomic E-state index is -0.967. The molecule has 1 aliphatic heterocycles. The maximum atomic E-state index is 12.5. The number of amides is 3. The second-order valence-corrected chi connectivity index (χ2v) is 6.71. The molecule has 0 radical (unpaired) electrons. The minimum Gasteiger partial charge on any atom is -0.496 e. The third-order valence-electron chi connectivity index (χ3n) is 4.34. The third kappa shape index (κ3) is 3.40. The van der Waals surface area contributed by atoms with Gasteiger partial charge >= 0.3 is 12.0 Å². The predicted octanol–water partition coefficient (Wildman–Crippen LogP) is 1.49. The highest BCUT2D eigenvalue weighted by atomic mass is 16.5. The largest absolute Gasteiger partial charge is 0.496 e. The van der Waals surface area contributed by atoms with Crippen molar-refractivity contribution in [2.24, 2.45) is 0 Å². The van der Waals surface area contributed by atoms with E-state index in [1.54, 1.807) is 39.0 Å². The van der Waals surface area contributed by atoms with E-state index < -0.39 is 17.5 Å². The van der Waals surface area contributed by atoms with E-state index in [0.29, 0.717) is 22.6 Å². The number of carbonyl (C=O) groups excluding carboxylic acids is 3. The predicted molar refractivity (Wildman–Crippen MR) is 97.5 cm³/mol. The van der Waals surface area contributed by atoms with Gasteiger partial charge in [-0.25, -0.2) is 9.59 Å². The summed E-state index contributed by atoms with van der Waals surface area (Å²) >= 11 is 0. The molecule has 0 unspecified atom stereocenters. The molecule has 1 saturated heterocycles. The van der Waals surface area contributed by atoms with Gasteiger partial charge in [0.05, 0.1) is 20.3 Å². The molecule has 1 aromatic heterocycles. The lowest BCUT2D eigenvalue weighted by Crippen LogP contribution is -2.40. The third-order valence-corrected chi connectivity index (χ3v) is 4.34. The number of ether oxygens (including phenoxy) is 2. The number of imide groups is 1. The highest BCUT2D eigenvalue weighted by Crippen LogP contribution is 2.29. The van der Waals surface area contributed by atoms with Crippen molar-refractivity contribution < 1.29 is 23.9 Å². The van der Waals surface area contributed by atoms with Crippen LogP contribution in [0.3, 0.4) is 0 Å². The molecule has 0 bridgehead atoms. The SMILES string of the molecule is CCOC(=O)c1n[nH]nc1-c1ccc(OC)c(CN2C(=O)NC(C)(C)C2=O)c1. The number of methoxy groups -OCH3 is 1. The van der Waals surface area contributed by atoms with Crippen LogP contribution in [0.5, 0.6) is 5.75 Å².